The molecule has 1 aliphatic heterocycles. The summed E-state index contributed by atoms with van der Waals surface area (Å²) >= 11 is 0. The van der Waals surface area contributed by atoms with Crippen molar-refractivity contribution in [3.63, 3.8) is 0 Å². The first-order valence-electron chi connectivity index (χ1n) is 8.10. The van der Waals surface area contributed by atoms with Crippen LogP contribution in [0.4, 0.5) is 0 Å². The van der Waals surface area contributed by atoms with Crippen LogP contribution in [0.15, 0.2) is 27.2 Å². The predicted octanol–water partition coefficient (Wildman–Crippen LogP) is 2.74. The Balaban J connectivity index is 1.53. The number of aromatic nitrogens is 1. The van der Waals surface area contributed by atoms with E-state index in [9.17, 15) is 4.79 Å². The molecule has 1 saturated carbocycles. The summed E-state index contributed by atoms with van der Waals surface area (Å²) in [5.41, 5.74) is 0.371. The molecule has 2 aliphatic rings. The van der Waals surface area contributed by atoms with E-state index in [-0.39, 0.29) is 11.9 Å². The highest BCUT2D eigenvalue weighted by molar-refractivity contribution is 5.92. The van der Waals surface area contributed by atoms with Gasteiger partial charge in [0, 0.05) is 13.0 Å². The monoisotopic (exact) mass is 316 g/mol. The highest BCUT2D eigenvalue weighted by atomic mass is 16.5. The van der Waals surface area contributed by atoms with Crippen molar-refractivity contribution in [1.82, 2.24) is 9.88 Å². The van der Waals surface area contributed by atoms with Gasteiger partial charge in [-0.05, 0) is 37.8 Å². The second-order valence-corrected chi connectivity index (χ2v) is 6.31. The molecule has 0 spiro atoms. The van der Waals surface area contributed by atoms with Gasteiger partial charge in [-0.2, -0.15) is 0 Å². The summed E-state index contributed by atoms with van der Waals surface area (Å²) in [7, 11) is 0. The van der Waals surface area contributed by atoms with Crippen molar-refractivity contribution in [2.24, 2.45) is 5.92 Å². The fourth-order valence-corrected chi connectivity index (χ4v) is 2.93. The molecule has 2 aromatic rings. The van der Waals surface area contributed by atoms with E-state index in [1.807, 2.05) is 19.1 Å². The summed E-state index contributed by atoms with van der Waals surface area (Å²) in [6, 6.07) is 3.58. The number of morpholine rings is 1. The number of amides is 1. The van der Waals surface area contributed by atoms with E-state index in [0.717, 1.165) is 17.9 Å². The minimum absolute atomic E-state index is 0.127. The van der Waals surface area contributed by atoms with Crippen LogP contribution in [-0.4, -0.2) is 35.5 Å². The third-order valence-electron chi connectivity index (χ3n) is 4.41. The Morgan fingerprint density at radius 3 is 3.00 bits per heavy atom. The van der Waals surface area contributed by atoms with Gasteiger partial charge in [0.1, 0.15) is 23.8 Å². The predicted molar refractivity (Wildman–Crippen MR) is 81.0 cm³/mol. The summed E-state index contributed by atoms with van der Waals surface area (Å²) in [6.07, 6.45) is 4.77. The Morgan fingerprint density at radius 2 is 2.26 bits per heavy atom. The van der Waals surface area contributed by atoms with Gasteiger partial charge in [-0.1, -0.05) is 0 Å². The Labute approximate surface area is 134 Å². The van der Waals surface area contributed by atoms with Gasteiger partial charge in [0.25, 0.3) is 5.91 Å². The fraction of sp³-hybridized carbons (Fsp3) is 0.529. The first-order valence-corrected chi connectivity index (χ1v) is 8.10. The van der Waals surface area contributed by atoms with Gasteiger partial charge in [-0.25, -0.2) is 4.98 Å². The molecule has 23 heavy (non-hydrogen) atoms. The van der Waals surface area contributed by atoms with Gasteiger partial charge in [0.2, 0.25) is 0 Å². The number of carbonyl (C=O) groups excluding carboxylic acids is 1. The van der Waals surface area contributed by atoms with Crippen molar-refractivity contribution in [3.05, 3.63) is 41.5 Å². The largest absolute Gasteiger partial charge is 0.464 e. The van der Waals surface area contributed by atoms with Crippen LogP contribution in [0.3, 0.4) is 0 Å². The number of hydrogen-bond acceptors (Lipinski definition) is 5. The zero-order valence-electron chi connectivity index (χ0n) is 13.2. The van der Waals surface area contributed by atoms with Gasteiger partial charge in [0.15, 0.2) is 11.6 Å². The van der Waals surface area contributed by atoms with Gasteiger partial charge >= 0.3 is 0 Å². The molecule has 0 bridgehead atoms. The second kappa shape index (κ2) is 5.85. The zero-order chi connectivity index (χ0) is 15.8. The minimum atomic E-state index is -0.214. The summed E-state index contributed by atoms with van der Waals surface area (Å²) in [4.78, 5) is 18.9. The number of ether oxygens (including phenoxy) is 1. The van der Waals surface area contributed by atoms with Crippen LogP contribution in [0.25, 0.3) is 0 Å². The smallest absolute Gasteiger partial charge is 0.276 e. The van der Waals surface area contributed by atoms with Crippen molar-refractivity contribution in [1.29, 1.82) is 0 Å². The molecule has 6 heteroatoms. The average Bonchev–Trinajstić information content (AvgIpc) is 3.07. The van der Waals surface area contributed by atoms with Crippen LogP contribution in [0.5, 0.6) is 0 Å². The summed E-state index contributed by atoms with van der Waals surface area (Å²) in [5.74, 6) is 2.79. The lowest BCUT2D eigenvalue weighted by atomic mass is 10.1. The maximum absolute atomic E-state index is 12.8. The molecule has 1 amide bonds. The van der Waals surface area contributed by atoms with Gasteiger partial charge in [-0.15, -0.1) is 0 Å². The number of aryl methyl sites for hydroxylation is 1. The lowest BCUT2D eigenvalue weighted by Crippen LogP contribution is -2.43. The van der Waals surface area contributed by atoms with Gasteiger partial charge in [0.05, 0.1) is 13.2 Å². The molecule has 1 aliphatic carbocycles. The Hall–Kier alpha value is -2.08. The Morgan fingerprint density at radius 1 is 1.39 bits per heavy atom. The lowest BCUT2D eigenvalue weighted by Gasteiger charge is -2.33. The molecule has 4 rings (SSSR count). The minimum Gasteiger partial charge on any atom is -0.464 e. The fourth-order valence-electron chi connectivity index (χ4n) is 2.93. The van der Waals surface area contributed by atoms with Crippen LogP contribution in [0, 0.1) is 12.8 Å². The molecule has 0 aromatic carbocycles. The van der Waals surface area contributed by atoms with E-state index < -0.39 is 0 Å². The molecule has 2 aromatic heterocycles. The Kier molecular flexibility index (Phi) is 3.69. The second-order valence-electron chi connectivity index (χ2n) is 6.31. The molecule has 2 fully saturated rings. The molecule has 0 N–H and O–H groups in total. The summed E-state index contributed by atoms with van der Waals surface area (Å²) in [6.45, 7) is 3.37. The first kappa shape index (κ1) is 14.5. The maximum atomic E-state index is 12.8. The van der Waals surface area contributed by atoms with Crippen LogP contribution in [0.1, 0.15) is 46.8 Å². The number of nitrogens with zero attached hydrogens (tertiary/aromatic N) is 2. The normalized spacial score (nSPS) is 21.6. The molecular formula is C17H20N2O4. The van der Waals surface area contributed by atoms with Crippen molar-refractivity contribution in [2.45, 2.75) is 32.2 Å². The number of rotatable bonds is 4. The van der Waals surface area contributed by atoms with Gasteiger partial charge in [-0.3, -0.25) is 4.79 Å². The molecule has 1 saturated heterocycles. The Bertz CT molecular complexity index is 701. The first-order chi connectivity index (χ1) is 11.2. The number of furan rings is 1. The number of oxazole rings is 1. The highest BCUT2D eigenvalue weighted by Crippen LogP contribution is 2.32. The van der Waals surface area contributed by atoms with E-state index in [1.165, 1.54) is 19.1 Å². The number of hydrogen-bond donors (Lipinski definition) is 0. The summed E-state index contributed by atoms with van der Waals surface area (Å²) in [5, 5.41) is 0. The molecule has 3 heterocycles. The third-order valence-corrected chi connectivity index (χ3v) is 4.41. The molecule has 6 nitrogen and oxygen atoms in total. The molecule has 0 radical (unpaired) electrons. The SMILES string of the molecule is Cc1ccc(C2COCCN2C(=O)c2coc(CC3CC3)n2)o1. The summed E-state index contributed by atoms with van der Waals surface area (Å²) < 4.78 is 16.7. The molecular weight excluding hydrogens is 296 g/mol. The van der Waals surface area contributed by atoms with Crippen LogP contribution in [0.2, 0.25) is 0 Å². The quantitative estimate of drug-likeness (QED) is 0.867. The van der Waals surface area contributed by atoms with Crippen molar-refractivity contribution >= 4 is 5.91 Å². The van der Waals surface area contributed by atoms with Crippen LogP contribution in [-0.2, 0) is 11.2 Å². The third kappa shape index (κ3) is 3.03. The molecule has 1 unspecified atom stereocenters. The molecule has 1 atom stereocenters. The van der Waals surface area contributed by atoms with Crippen molar-refractivity contribution in [2.75, 3.05) is 19.8 Å². The zero-order valence-corrected chi connectivity index (χ0v) is 13.2. The maximum Gasteiger partial charge on any atom is 0.276 e. The highest BCUT2D eigenvalue weighted by Gasteiger charge is 2.33. The van der Waals surface area contributed by atoms with E-state index >= 15 is 0 Å². The molecule has 122 valence electrons. The number of carbonyl (C=O) groups is 1. The van der Waals surface area contributed by atoms with Gasteiger partial charge < -0.3 is 18.5 Å². The van der Waals surface area contributed by atoms with E-state index in [2.05, 4.69) is 4.98 Å². The average molecular weight is 316 g/mol. The van der Waals surface area contributed by atoms with E-state index in [0.29, 0.717) is 37.3 Å². The lowest BCUT2D eigenvalue weighted by molar-refractivity contribution is -0.00925. The topological polar surface area (TPSA) is 68.7 Å². The van der Waals surface area contributed by atoms with Crippen LogP contribution < -0.4 is 0 Å². The standard InChI is InChI=1S/C17H20N2O4/c1-11-2-5-15(23-11)14-10-21-7-6-19(14)17(20)13-9-22-16(18-13)8-12-3-4-12/h2,5,9,12,14H,3-4,6-8,10H2,1H3. The van der Waals surface area contributed by atoms with Crippen molar-refractivity contribution < 1.29 is 18.4 Å². The van der Waals surface area contributed by atoms with E-state index in [4.69, 9.17) is 13.6 Å². The van der Waals surface area contributed by atoms with Crippen molar-refractivity contribution in [3.8, 4) is 0 Å². The van der Waals surface area contributed by atoms with E-state index in [1.54, 1.807) is 4.90 Å². The van der Waals surface area contributed by atoms with Crippen LogP contribution >= 0.6 is 0 Å².